The predicted molar refractivity (Wildman–Crippen MR) is 107 cm³/mol. The average Bonchev–Trinajstić information content (AvgIpc) is 2.97. The van der Waals surface area contributed by atoms with Crippen molar-refractivity contribution in [3.8, 4) is 0 Å². The van der Waals surface area contributed by atoms with Crippen LogP contribution in [0, 0.1) is 20.8 Å². The molecular formula is C18H21N7OS. The molecular weight excluding hydrogens is 362 g/mol. The molecule has 27 heavy (non-hydrogen) atoms. The lowest BCUT2D eigenvalue weighted by Gasteiger charge is -2.10. The summed E-state index contributed by atoms with van der Waals surface area (Å²) in [6.07, 6.45) is 1.71. The molecule has 1 amide bonds. The number of hydrogen-bond donors (Lipinski definition) is 3. The van der Waals surface area contributed by atoms with Gasteiger partial charge in [0, 0.05) is 25.4 Å². The zero-order chi connectivity index (χ0) is 19.2. The lowest BCUT2D eigenvalue weighted by atomic mass is 10.3. The van der Waals surface area contributed by atoms with Crippen molar-refractivity contribution in [2.45, 2.75) is 20.8 Å². The van der Waals surface area contributed by atoms with Crippen molar-refractivity contribution in [3.05, 3.63) is 51.9 Å². The smallest absolute Gasteiger partial charge is 0.263 e. The highest BCUT2D eigenvalue weighted by atomic mass is 32.1. The maximum Gasteiger partial charge on any atom is 0.263 e. The fourth-order valence-electron chi connectivity index (χ4n) is 2.48. The molecule has 0 aliphatic carbocycles. The molecule has 3 aromatic heterocycles. The maximum absolute atomic E-state index is 12.2. The molecule has 0 bridgehead atoms. The number of amides is 1. The monoisotopic (exact) mass is 383 g/mol. The summed E-state index contributed by atoms with van der Waals surface area (Å²) in [6, 6.07) is 7.42. The van der Waals surface area contributed by atoms with Crippen LogP contribution in [0.1, 0.15) is 26.2 Å². The zero-order valence-electron chi connectivity index (χ0n) is 15.4. The summed E-state index contributed by atoms with van der Waals surface area (Å²) >= 11 is 1.40. The van der Waals surface area contributed by atoms with Gasteiger partial charge < -0.3 is 16.0 Å². The lowest BCUT2D eigenvalue weighted by molar-refractivity contribution is 0.0958. The molecule has 3 heterocycles. The van der Waals surface area contributed by atoms with Gasteiger partial charge in [-0.05, 0) is 32.9 Å². The number of nitrogens with one attached hydrogen (secondary N) is 3. The van der Waals surface area contributed by atoms with E-state index < -0.39 is 0 Å². The van der Waals surface area contributed by atoms with Crippen molar-refractivity contribution in [2.24, 2.45) is 0 Å². The minimum absolute atomic E-state index is 0.101. The number of nitrogens with zero attached hydrogens (tertiary/aromatic N) is 4. The molecule has 0 saturated carbocycles. The highest BCUT2D eigenvalue weighted by Gasteiger charge is 2.12. The van der Waals surface area contributed by atoms with E-state index in [0.29, 0.717) is 41.2 Å². The van der Waals surface area contributed by atoms with Crippen LogP contribution < -0.4 is 16.0 Å². The third-order valence-electron chi connectivity index (χ3n) is 3.59. The highest BCUT2D eigenvalue weighted by Crippen LogP contribution is 2.17. The Kier molecular flexibility index (Phi) is 5.92. The summed E-state index contributed by atoms with van der Waals surface area (Å²) in [4.78, 5) is 30.1. The van der Waals surface area contributed by atoms with Crippen molar-refractivity contribution in [1.82, 2.24) is 25.3 Å². The number of carbonyl (C=O) groups is 1. The van der Waals surface area contributed by atoms with E-state index in [0.717, 1.165) is 10.7 Å². The molecule has 0 radical (unpaired) electrons. The van der Waals surface area contributed by atoms with Gasteiger partial charge in [0.1, 0.15) is 28.2 Å². The second-order valence-electron chi connectivity index (χ2n) is 5.86. The van der Waals surface area contributed by atoms with Crippen molar-refractivity contribution in [1.29, 1.82) is 0 Å². The quantitative estimate of drug-likeness (QED) is 0.539. The maximum atomic E-state index is 12.2. The zero-order valence-corrected chi connectivity index (χ0v) is 16.2. The van der Waals surface area contributed by atoms with Crippen LogP contribution in [-0.4, -0.2) is 38.9 Å². The van der Waals surface area contributed by atoms with Gasteiger partial charge in [0.05, 0.1) is 10.7 Å². The third kappa shape index (κ3) is 5.20. The molecule has 3 rings (SSSR count). The van der Waals surface area contributed by atoms with E-state index in [1.54, 1.807) is 12.3 Å². The minimum atomic E-state index is -0.101. The van der Waals surface area contributed by atoms with Gasteiger partial charge in [0.15, 0.2) is 0 Å². The third-order valence-corrected chi connectivity index (χ3v) is 4.66. The van der Waals surface area contributed by atoms with Crippen LogP contribution >= 0.6 is 11.3 Å². The van der Waals surface area contributed by atoms with Gasteiger partial charge in [0.2, 0.25) is 0 Å². The first-order chi connectivity index (χ1) is 13.0. The van der Waals surface area contributed by atoms with Crippen LogP contribution in [0.4, 0.5) is 17.5 Å². The summed E-state index contributed by atoms with van der Waals surface area (Å²) in [6.45, 7) is 6.58. The molecule has 9 heteroatoms. The number of thiazole rings is 1. The van der Waals surface area contributed by atoms with Gasteiger partial charge >= 0.3 is 0 Å². The Morgan fingerprint density at radius 1 is 1.04 bits per heavy atom. The van der Waals surface area contributed by atoms with E-state index in [2.05, 4.69) is 35.9 Å². The van der Waals surface area contributed by atoms with E-state index in [9.17, 15) is 4.79 Å². The van der Waals surface area contributed by atoms with E-state index in [-0.39, 0.29) is 5.91 Å². The standard InChI is InChI=1S/C18H21N7OS/c1-11-17(27-13(3)22-11)18(26)21-9-8-20-15-10-16(24-12(2)23-15)25-14-6-4-5-7-19-14/h4-7,10H,8-9H2,1-3H3,(H,21,26)(H2,19,20,23,24,25). The van der Waals surface area contributed by atoms with Crippen LogP contribution in [0.3, 0.4) is 0 Å². The fraction of sp³-hybridized carbons (Fsp3) is 0.278. The van der Waals surface area contributed by atoms with Crippen LogP contribution in [-0.2, 0) is 0 Å². The Bertz CT molecular complexity index is 927. The van der Waals surface area contributed by atoms with E-state index in [1.807, 2.05) is 39.0 Å². The number of pyridine rings is 1. The molecule has 3 aromatic rings. The minimum Gasteiger partial charge on any atom is -0.368 e. The van der Waals surface area contributed by atoms with Gasteiger partial charge in [-0.2, -0.15) is 0 Å². The Morgan fingerprint density at radius 3 is 2.56 bits per heavy atom. The van der Waals surface area contributed by atoms with Gasteiger partial charge in [-0.1, -0.05) is 6.07 Å². The molecule has 0 aromatic carbocycles. The lowest BCUT2D eigenvalue weighted by Crippen LogP contribution is -2.28. The molecule has 0 aliphatic heterocycles. The SMILES string of the molecule is Cc1nc(NCCNC(=O)c2sc(C)nc2C)cc(Nc2ccccn2)n1. The van der Waals surface area contributed by atoms with Crippen molar-refractivity contribution < 1.29 is 4.79 Å². The molecule has 0 spiro atoms. The van der Waals surface area contributed by atoms with Crippen molar-refractivity contribution >= 4 is 34.7 Å². The fourth-order valence-corrected chi connectivity index (χ4v) is 3.32. The summed E-state index contributed by atoms with van der Waals surface area (Å²) in [5.74, 6) is 2.59. The van der Waals surface area contributed by atoms with E-state index in [1.165, 1.54) is 11.3 Å². The first-order valence-corrected chi connectivity index (χ1v) is 9.33. The Labute approximate surface area is 161 Å². The first-order valence-electron chi connectivity index (χ1n) is 8.51. The second-order valence-corrected chi connectivity index (χ2v) is 7.06. The number of carbonyl (C=O) groups excluding carboxylic acids is 1. The van der Waals surface area contributed by atoms with Gasteiger partial charge in [-0.15, -0.1) is 11.3 Å². The number of aromatic nitrogens is 4. The number of aryl methyl sites for hydroxylation is 3. The first kappa shape index (κ1) is 18.7. The van der Waals surface area contributed by atoms with Crippen LogP contribution in [0.15, 0.2) is 30.5 Å². The average molecular weight is 383 g/mol. The Balaban J connectivity index is 1.53. The van der Waals surface area contributed by atoms with Crippen LogP contribution in [0.5, 0.6) is 0 Å². The largest absolute Gasteiger partial charge is 0.368 e. The summed E-state index contributed by atoms with van der Waals surface area (Å²) in [7, 11) is 0. The molecule has 0 fully saturated rings. The Hall–Kier alpha value is -3.07. The summed E-state index contributed by atoms with van der Waals surface area (Å²) in [5.41, 5.74) is 0.764. The predicted octanol–water partition coefficient (Wildman–Crippen LogP) is 2.84. The van der Waals surface area contributed by atoms with Gasteiger partial charge in [-0.25, -0.2) is 19.9 Å². The van der Waals surface area contributed by atoms with Crippen molar-refractivity contribution in [3.63, 3.8) is 0 Å². The second kappa shape index (κ2) is 8.54. The molecule has 3 N–H and O–H groups in total. The normalized spacial score (nSPS) is 10.5. The molecule has 0 saturated heterocycles. The molecule has 0 unspecified atom stereocenters. The molecule has 140 valence electrons. The van der Waals surface area contributed by atoms with Crippen LogP contribution in [0.2, 0.25) is 0 Å². The summed E-state index contributed by atoms with van der Waals surface area (Å²) in [5, 5.41) is 10.1. The topological polar surface area (TPSA) is 105 Å². The number of anilines is 3. The number of hydrogen-bond acceptors (Lipinski definition) is 8. The molecule has 0 aliphatic rings. The molecule has 0 atom stereocenters. The van der Waals surface area contributed by atoms with E-state index >= 15 is 0 Å². The molecule has 8 nitrogen and oxygen atoms in total. The van der Waals surface area contributed by atoms with Crippen molar-refractivity contribution in [2.75, 3.05) is 23.7 Å². The van der Waals surface area contributed by atoms with Gasteiger partial charge in [-0.3, -0.25) is 4.79 Å². The highest BCUT2D eigenvalue weighted by molar-refractivity contribution is 7.13. The summed E-state index contributed by atoms with van der Waals surface area (Å²) < 4.78 is 0. The van der Waals surface area contributed by atoms with Gasteiger partial charge in [0.25, 0.3) is 5.91 Å². The Morgan fingerprint density at radius 2 is 1.85 bits per heavy atom. The van der Waals surface area contributed by atoms with E-state index in [4.69, 9.17) is 0 Å². The van der Waals surface area contributed by atoms with Crippen LogP contribution in [0.25, 0.3) is 0 Å². The number of rotatable bonds is 7.